The minimum absolute atomic E-state index is 0.759. The Morgan fingerprint density at radius 3 is 2.62 bits per heavy atom. The van der Waals surface area contributed by atoms with Gasteiger partial charge in [0.25, 0.3) is 0 Å². The van der Waals surface area contributed by atoms with Gasteiger partial charge in [-0.15, -0.1) is 0 Å². The molecule has 0 aliphatic rings. The summed E-state index contributed by atoms with van der Waals surface area (Å²) >= 11 is 1.78. The minimum Gasteiger partial charge on any atom is -0.330 e. The van der Waals surface area contributed by atoms with E-state index in [9.17, 15) is 0 Å². The van der Waals surface area contributed by atoms with Gasteiger partial charge in [0.05, 0.1) is 5.69 Å². The van der Waals surface area contributed by atoms with E-state index < -0.39 is 0 Å². The molecule has 0 radical (unpaired) electrons. The van der Waals surface area contributed by atoms with Crippen molar-refractivity contribution in [1.29, 1.82) is 0 Å². The van der Waals surface area contributed by atoms with E-state index in [4.69, 9.17) is 5.73 Å². The van der Waals surface area contributed by atoms with Crippen LogP contribution in [0.1, 0.15) is 17.8 Å². The molecule has 1 aromatic heterocycles. The van der Waals surface area contributed by atoms with Crippen LogP contribution in [0, 0.1) is 13.8 Å². The second-order valence-electron chi connectivity index (χ2n) is 3.11. The number of rotatable bonds is 4. The molecule has 3 nitrogen and oxygen atoms in total. The van der Waals surface area contributed by atoms with E-state index in [1.54, 1.807) is 11.8 Å². The Balaban J connectivity index is 2.61. The van der Waals surface area contributed by atoms with Gasteiger partial charge in [0.15, 0.2) is 5.16 Å². The van der Waals surface area contributed by atoms with Crippen LogP contribution >= 0.6 is 11.8 Å². The highest BCUT2D eigenvalue weighted by atomic mass is 32.2. The molecule has 0 saturated heterocycles. The second kappa shape index (κ2) is 4.67. The Kier molecular flexibility index (Phi) is 3.81. The zero-order valence-corrected chi connectivity index (χ0v) is 9.32. The molecule has 0 spiro atoms. The molecule has 0 aromatic carbocycles. The monoisotopic (exact) mass is 199 g/mol. The number of nitrogens with two attached hydrogens (primary N) is 1. The number of aryl methyl sites for hydroxylation is 1. The third-order valence-electron chi connectivity index (χ3n) is 2.16. The van der Waals surface area contributed by atoms with E-state index in [1.807, 2.05) is 6.92 Å². The first kappa shape index (κ1) is 10.6. The fourth-order valence-electron chi connectivity index (χ4n) is 1.06. The fourth-order valence-corrected chi connectivity index (χ4v) is 2.09. The fraction of sp³-hybridized carbons (Fsp3) is 0.667. The van der Waals surface area contributed by atoms with Crippen LogP contribution in [-0.4, -0.2) is 21.8 Å². The number of imidazole rings is 1. The van der Waals surface area contributed by atoms with Crippen molar-refractivity contribution in [2.24, 2.45) is 12.8 Å². The van der Waals surface area contributed by atoms with Crippen LogP contribution in [0.25, 0.3) is 0 Å². The predicted octanol–water partition coefficient (Wildman–Crippen LogP) is 1.48. The second-order valence-corrected chi connectivity index (χ2v) is 4.18. The predicted molar refractivity (Wildman–Crippen MR) is 57.1 cm³/mol. The average molecular weight is 199 g/mol. The van der Waals surface area contributed by atoms with Gasteiger partial charge in [0.2, 0.25) is 0 Å². The number of hydrogen-bond acceptors (Lipinski definition) is 3. The molecule has 0 atom stereocenters. The Morgan fingerprint density at radius 1 is 1.46 bits per heavy atom. The van der Waals surface area contributed by atoms with E-state index >= 15 is 0 Å². The van der Waals surface area contributed by atoms with E-state index in [2.05, 4.69) is 23.5 Å². The summed E-state index contributed by atoms with van der Waals surface area (Å²) in [5.41, 5.74) is 7.79. The van der Waals surface area contributed by atoms with Gasteiger partial charge in [0, 0.05) is 18.5 Å². The molecule has 2 N–H and O–H groups in total. The van der Waals surface area contributed by atoms with Gasteiger partial charge in [-0.25, -0.2) is 4.98 Å². The highest BCUT2D eigenvalue weighted by molar-refractivity contribution is 7.99. The first-order chi connectivity index (χ1) is 6.16. The van der Waals surface area contributed by atoms with E-state index in [-0.39, 0.29) is 0 Å². The zero-order chi connectivity index (χ0) is 9.84. The topological polar surface area (TPSA) is 43.8 Å². The third kappa shape index (κ3) is 2.48. The minimum atomic E-state index is 0.759. The molecule has 0 bridgehead atoms. The van der Waals surface area contributed by atoms with E-state index in [0.717, 1.165) is 29.6 Å². The van der Waals surface area contributed by atoms with Crippen molar-refractivity contribution in [3.63, 3.8) is 0 Å². The van der Waals surface area contributed by atoms with Crippen LogP contribution in [-0.2, 0) is 7.05 Å². The maximum Gasteiger partial charge on any atom is 0.168 e. The van der Waals surface area contributed by atoms with Crippen molar-refractivity contribution in [3.05, 3.63) is 11.4 Å². The van der Waals surface area contributed by atoms with Crippen molar-refractivity contribution >= 4 is 11.8 Å². The van der Waals surface area contributed by atoms with Crippen LogP contribution < -0.4 is 5.73 Å². The van der Waals surface area contributed by atoms with Crippen LogP contribution in [0.3, 0.4) is 0 Å². The molecule has 1 rings (SSSR count). The van der Waals surface area contributed by atoms with Crippen molar-refractivity contribution < 1.29 is 0 Å². The Hall–Kier alpha value is -0.480. The van der Waals surface area contributed by atoms with Gasteiger partial charge in [0.1, 0.15) is 0 Å². The van der Waals surface area contributed by atoms with Crippen molar-refractivity contribution in [2.75, 3.05) is 12.3 Å². The molecule has 0 aliphatic carbocycles. The highest BCUT2D eigenvalue weighted by Crippen LogP contribution is 2.19. The quantitative estimate of drug-likeness (QED) is 0.590. The summed E-state index contributed by atoms with van der Waals surface area (Å²) in [6.45, 7) is 4.90. The van der Waals surface area contributed by atoms with Gasteiger partial charge in [-0.05, 0) is 26.8 Å². The summed E-state index contributed by atoms with van der Waals surface area (Å²) in [4.78, 5) is 4.47. The van der Waals surface area contributed by atoms with Gasteiger partial charge < -0.3 is 10.3 Å². The summed E-state index contributed by atoms with van der Waals surface area (Å²) < 4.78 is 2.14. The van der Waals surface area contributed by atoms with Crippen molar-refractivity contribution in [1.82, 2.24) is 9.55 Å². The van der Waals surface area contributed by atoms with Crippen LogP contribution in [0.2, 0.25) is 0 Å². The number of thioether (sulfide) groups is 1. The standard InChI is InChI=1S/C9H17N3S/c1-7-8(2)12(3)9(11-7)13-6-4-5-10/h4-6,10H2,1-3H3. The first-order valence-corrected chi connectivity index (χ1v) is 5.48. The molecule has 0 saturated carbocycles. The first-order valence-electron chi connectivity index (χ1n) is 4.49. The number of hydrogen-bond donors (Lipinski definition) is 1. The maximum absolute atomic E-state index is 5.43. The molecule has 1 aromatic rings. The summed E-state index contributed by atoms with van der Waals surface area (Å²) in [7, 11) is 2.06. The largest absolute Gasteiger partial charge is 0.330 e. The van der Waals surface area contributed by atoms with Crippen molar-refractivity contribution in [3.8, 4) is 0 Å². The third-order valence-corrected chi connectivity index (χ3v) is 3.27. The van der Waals surface area contributed by atoms with Crippen LogP contribution in [0.5, 0.6) is 0 Å². The van der Waals surface area contributed by atoms with E-state index in [0.29, 0.717) is 0 Å². The highest BCUT2D eigenvalue weighted by Gasteiger charge is 2.06. The lowest BCUT2D eigenvalue weighted by molar-refractivity contribution is 0.764. The molecular formula is C9H17N3S. The lowest BCUT2D eigenvalue weighted by Gasteiger charge is -2.01. The molecule has 4 heteroatoms. The lowest BCUT2D eigenvalue weighted by Crippen LogP contribution is -2.00. The Labute approximate surface area is 83.7 Å². The van der Waals surface area contributed by atoms with Gasteiger partial charge in [-0.2, -0.15) is 0 Å². The molecule has 74 valence electrons. The van der Waals surface area contributed by atoms with Crippen LogP contribution in [0.15, 0.2) is 5.16 Å². The summed E-state index contributed by atoms with van der Waals surface area (Å²) in [5, 5.41) is 1.10. The van der Waals surface area contributed by atoms with Gasteiger partial charge in [-0.3, -0.25) is 0 Å². The average Bonchev–Trinajstić information content (AvgIpc) is 2.34. The molecular weight excluding hydrogens is 182 g/mol. The summed E-state index contributed by atoms with van der Waals surface area (Å²) in [6.07, 6.45) is 1.05. The molecule has 0 aliphatic heterocycles. The number of nitrogens with zero attached hydrogens (tertiary/aromatic N) is 2. The zero-order valence-electron chi connectivity index (χ0n) is 8.50. The molecule has 1 heterocycles. The normalized spacial score (nSPS) is 10.8. The number of aromatic nitrogens is 2. The molecule has 13 heavy (non-hydrogen) atoms. The molecule has 0 amide bonds. The molecule has 0 unspecified atom stereocenters. The molecule has 0 fully saturated rings. The Bertz CT molecular complexity index is 281. The maximum atomic E-state index is 5.43. The summed E-state index contributed by atoms with van der Waals surface area (Å²) in [5.74, 6) is 1.06. The Morgan fingerprint density at radius 2 is 2.15 bits per heavy atom. The SMILES string of the molecule is Cc1nc(SCCCN)n(C)c1C. The summed E-state index contributed by atoms with van der Waals surface area (Å²) in [6, 6.07) is 0. The van der Waals surface area contributed by atoms with Crippen molar-refractivity contribution in [2.45, 2.75) is 25.4 Å². The van der Waals surface area contributed by atoms with Crippen LogP contribution in [0.4, 0.5) is 0 Å². The van der Waals surface area contributed by atoms with E-state index in [1.165, 1.54) is 5.69 Å². The lowest BCUT2D eigenvalue weighted by atomic mass is 10.4. The van der Waals surface area contributed by atoms with Gasteiger partial charge in [-0.1, -0.05) is 11.8 Å². The van der Waals surface area contributed by atoms with Gasteiger partial charge >= 0.3 is 0 Å². The smallest absolute Gasteiger partial charge is 0.168 e.